The van der Waals surface area contributed by atoms with Crippen LogP contribution < -0.4 is 5.32 Å². The number of esters is 1. The van der Waals surface area contributed by atoms with Crippen LogP contribution in [0.5, 0.6) is 0 Å². The number of rotatable bonds is 11. The van der Waals surface area contributed by atoms with Gasteiger partial charge in [0, 0.05) is 19.3 Å². The first-order chi connectivity index (χ1) is 18.3. The Morgan fingerprint density at radius 1 is 1.28 bits per heavy atom. The summed E-state index contributed by atoms with van der Waals surface area (Å²) in [7, 11) is -2.34. The molecule has 2 aromatic heterocycles. The second kappa shape index (κ2) is 12.1. The van der Waals surface area contributed by atoms with E-state index < -0.39 is 32.3 Å². The van der Waals surface area contributed by atoms with E-state index in [1.807, 2.05) is 13.8 Å². The van der Waals surface area contributed by atoms with E-state index in [0.29, 0.717) is 12.8 Å². The van der Waals surface area contributed by atoms with Crippen LogP contribution in [-0.4, -0.2) is 58.0 Å². The second-order valence-electron chi connectivity index (χ2n) is 11.4. The van der Waals surface area contributed by atoms with Gasteiger partial charge in [-0.15, -0.1) is 6.42 Å². The third-order valence-corrected chi connectivity index (χ3v) is 11.9. The maximum Gasteiger partial charge on any atom is 0.312 e. The van der Waals surface area contributed by atoms with E-state index in [1.165, 1.54) is 6.33 Å². The summed E-state index contributed by atoms with van der Waals surface area (Å²) in [6, 6.07) is 0. The minimum atomic E-state index is -2.34. The number of carbonyl (C=O) groups excluding carboxylic acids is 2. The zero-order chi connectivity index (χ0) is 29.0. The van der Waals surface area contributed by atoms with Gasteiger partial charge in [0.05, 0.1) is 12.4 Å². The van der Waals surface area contributed by atoms with Crippen molar-refractivity contribution in [1.29, 1.82) is 0 Å². The second-order valence-corrected chi connectivity index (χ2v) is 16.2. The number of amides is 1. The quantitative estimate of drug-likeness (QED) is 0.174. The lowest BCUT2D eigenvalue weighted by Gasteiger charge is -2.41. The summed E-state index contributed by atoms with van der Waals surface area (Å²) in [4.78, 5) is 36.6. The van der Waals surface area contributed by atoms with Crippen molar-refractivity contribution in [3.05, 3.63) is 12.4 Å². The average Bonchev–Trinajstić information content (AvgIpc) is 3.42. The smallest absolute Gasteiger partial charge is 0.312 e. The summed E-state index contributed by atoms with van der Waals surface area (Å²) in [5, 5.41) is 2.49. The van der Waals surface area contributed by atoms with Gasteiger partial charge < -0.3 is 19.2 Å². The van der Waals surface area contributed by atoms with E-state index in [2.05, 4.69) is 60.1 Å². The first-order valence-corrected chi connectivity index (χ1v) is 16.4. The van der Waals surface area contributed by atoms with Crippen LogP contribution >= 0.6 is 0 Å². The Morgan fingerprint density at radius 3 is 2.62 bits per heavy atom. The molecule has 1 saturated heterocycles. The Morgan fingerprint density at radius 2 is 2.00 bits per heavy atom. The van der Waals surface area contributed by atoms with Gasteiger partial charge in [-0.2, -0.15) is 14.4 Å². The van der Waals surface area contributed by atoms with Gasteiger partial charge in [0.15, 0.2) is 30.9 Å². The Hall–Kier alpha value is -2.88. The number of anilines is 1. The molecule has 0 aromatic carbocycles. The van der Waals surface area contributed by atoms with Crippen LogP contribution in [0.15, 0.2) is 6.33 Å². The van der Waals surface area contributed by atoms with E-state index in [1.54, 1.807) is 4.57 Å². The van der Waals surface area contributed by atoms with E-state index in [-0.39, 0.29) is 59.8 Å². The molecule has 2 aromatic rings. The highest BCUT2D eigenvalue weighted by molar-refractivity contribution is 6.74. The van der Waals surface area contributed by atoms with Crippen molar-refractivity contribution >= 4 is 37.2 Å². The average molecular weight is 562 g/mol. The first-order valence-electron chi connectivity index (χ1n) is 13.5. The summed E-state index contributed by atoms with van der Waals surface area (Å²) in [6.07, 6.45) is 8.14. The maximum atomic E-state index is 14.5. The van der Waals surface area contributed by atoms with Crippen LogP contribution in [0.1, 0.15) is 79.4 Å². The molecule has 1 aliphatic heterocycles. The molecule has 1 aliphatic rings. The van der Waals surface area contributed by atoms with Crippen molar-refractivity contribution in [2.24, 2.45) is 0 Å². The molecule has 3 heterocycles. The van der Waals surface area contributed by atoms with Crippen molar-refractivity contribution in [3.8, 4) is 12.3 Å². The van der Waals surface area contributed by atoms with Crippen molar-refractivity contribution in [2.75, 3.05) is 11.9 Å². The van der Waals surface area contributed by atoms with Gasteiger partial charge in [0.1, 0.15) is 12.8 Å². The zero-order valence-electron chi connectivity index (χ0n) is 24.0. The van der Waals surface area contributed by atoms with Crippen LogP contribution in [0.25, 0.3) is 11.2 Å². The van der Waals surface area contributed by atoms with Crippen molar-refractivity contribution < 1.29 is 27.9 Å². The van der Waals surface area contributed by atoms with Gasteiger partial charge in [0.2, 0.25) is 5.91 Å². The summed E-state index contributed by atoms with van der Waals surface area (Å²) in [6.45, 7) is 14.2. The predicted octanol–water partition coefficient (Wildman–Crippen LogP) is 5.12. The molecule has 10 nitrogen and oxygen atoms in total. The summed E-state index contributed by atoms with van der Waals surface area (Å²) >= 11 is 0. The molecule has 214 valence electrons. The van der Waals surface area contributed by atoms with Crippen molar-refractivity contribution in [2.45, 2.75) is 109 Å². The molecule has 0 unspecified atom stereocenters. The third kappa shape index (κ3) is 6.83. The van der Waals surface area contributed by atoms with Crippen molar-refractivity contribution in [3.63, 3.8) is 0 Å². The number of unbranched alkanes of at least 4 members (excludes halogenated alkanes) is 1. The van der Waals surface area contributed by atoms with Gasteiger partial charge in [-0.1, -0.05) is 47.0 Å². The minimum Gasteiger partial charge on any atom is -0.461 e. The normalized spacial score (nSPS) is 21.6. The first kappa shape index (κ1) is 30.7. The number of halogens is 1. The van der Waals surface area contributed by atoms with Crippen LogP contribution in [0.3, 0.4) is 0 Å². The third-order valence-electron chi connectivity index (χ3n) is 7.39. The van der Waals surface area contributed by atoms with Gasteiger partial charge in [-0.25, -0.2) is 4.98 Å². The number of aromatic nitrogens is 4. The standard InChI is InChI=1S/C27H40FN5O5Si/c1-9-12-14-21(35)36-16-27(11-3)18(38-39(7,8)26(4,5)6)15-20(37-27)33-17-29-22-23(30-19(34)13-10-2)31-25(28)32-24(22)33/h3,17-18,20H,9-10,12-16H2,1-2,4-8H3,(H,30,31,32,34)/t18-,20+,27+/m0/s1. The van der Waals surface area contributed by atoms with E-state index in [9.17, 15) is 14.0 Å². The Balaban J connectivity index is 1.99. The van der Waals surface area contributed by atoms with Gasteiger partial charge in [-0.3, -0.25) is 14.2 Å². The lowest BCUT2D eigenvalue weighted by molar-refractivity contribution is -0.156. The van der Waals surface area contributed by atoms with Crippen LogP contribution in [0, 0.1) is 18.4 Å². The Labute approximate surface area is 230 Å². The number of nitrogens with zero attached hydrogens (tertiary/aromatic N) is 4. The van der Waals surface area contributed by atoms with Crippen LogP contribution in [0.2, 0.25) is 18.1 Å². The number of hydrogen-bond acceptors (Lipinski definition) is 8. The highest BCUT2D eigenvalue weighted by atomic mass is 28.4. The number of carbonyl (C=O) groups is 2. The van der Waals surface area contributed by atoms with Gasteiger partial charge in [-0.05, 0) is 31.0 Å². The van der Waals surface area contributed by atoms with E-state index >= 15 is 0 Å². The molecule has 3 rings (SSSR count). The van der Waals surface area contributed by atoms with Gasteiger partial charge in [0.25, 0.3) is 0 Å². The maximum absolute atomic E-state index is 14.5. The molecule has 0 bridgehead atoms. The number of imidazole rings is 1. The molecule has 1 N–H and O–H groups in total. The number of terminal acetylenes is 1. The molecule has 1 fully saturated rings. The number of hydrogen-bond donors (Lipinski definition) is 1. The van der Waals surface area contributed by atoms with E-state index in [0.717, 1.165) is 6.42 Å². The monoisotopic (exact) mass is 561 g/mol. The summed E-state index contributed by atoms with van der Waals surface area (Å²) in [5.41, 5.74) is -1.02. The minimum absolute atomic E-state index is 0.0187. The molecule has 0 saturated carbocycles. The molecular formula is C27H40FN5O5Si. The number of nitrogens with one attached hydrogen (secondary N) is 1. The fourth-order valence-electron chi connectivity index (χ4n) is 4.07. The SMILES string of the molecule is C#C[C@]1(COC(=O)CCCC)O[C@@H](n2cnc3c(NC(=O)CCC)nc(F)nc32)C[C@@H]1O[Si](C)(C)C(C)(C)C. The zero-order valence-corrected chi connectivity index (χ0v) is 25.0. The fourth-order valence-corrected chi connectivity index (χ4v) is 5.42. The van der Waals surface area contributed by atoms with E-state index in [4.69, 9.17) is 20.3 Å². The van der Waals surface area contributed by atoms with Crippen LogP contribution in [0.4, 0.5) is 10.2 Å². The molecular weight excluding hydrogens is 521 g/mol. The number of fused-ring (bicyclic) bond motifs is 1. The highest BCUT2D eigenvalue weighted by Crippen LogP contribution is 2.45. The molecule has 0 spiro atoms. The highest BCUT2D eigenvalue weighted by Gasteiger charge is 2.54. The number of ether oxygens (including phenoxy) is 2. The lowest BCUT2D eigenvalue weighted by Crippen LogP contribution is -2.52. The summed E-state index contributed by atoms with van der Waals surface area (Å²) in [5.74, 6) is 2.03. The van der Waals surface area contributed by atoms with Gasteiger partial charge >= 0.3 is 12.0 Å². The molecule has 1 amide bonds. The molecule has 39 heavy (non-hydrogen) atoms. The molecule has 3 atom stereocenters. The Kier molecular flexibility index (Phi) is 9.51. The molecule has 12 heteroatoms. The predicted molar refractivity (Wildman–Crippen MR) is 148 cm³/mol. The fraction of sp³-hybridized carbons (Fsp3) is 0.667. The topological polar surface area (TPSA) is 117 Å². The largest absolute Gasteiger partial charge is 0.461 e. The molecule has 0 aliphatic carbocycles. The summed E-state index contributed by atoms with van der Waals surface area (Å²) < 4.78 is 34.8. The van der Waals surface area contributed by atoms with Crippen LogP contribution in [-0.2, 0) is 23.5 Å². The Bertz CT molecular complexity index is 1240. The van der Waals surface area contributed by atoms with Crippen molar-refractivity contribution in [1.82, 2.24) is 19.5 Å². The molecule has 0 radical (unpaired) electrons. The lowest BCUT2D eigenvalue weighted by atomic mass is 9.99.